The number of nitrogens with zero attached hydrogens (tertiary/aromatic N) is 2. The highest BCUT2D eigenvalue weighted by atomic mass is 15.2. The number of rotatable bonds is 7. The van der Waals surface area contributed by atoms with E-state index in [1.807, 2.05) is 0 Å². The predicted octanol–water partition coefficient (Wildman–Crippen LogP) is 12.6. The fraction of sp³-hybridized carbons (Fsp3) is 0.393. The van der Waals surface area contributed by atoms with Gasteiger partial charge in [-0.3, -0.25) is 0 Å². The van der Waals surface area contributed by atoms with Gasteiger partial charge < -0.3 is 9.47 Å². The molecule has 3 unspecified atom stereocenters. The highest BCUT2D eigenvalue weighted by Gasteiger charge is 2.52. The fourth-order valence-electron chi connectivity index (χ4n) is 12.5. The van der Waals surface area contributed by atoms with Gasteiger partial charge in [-0.05, 0) is 136 Å². The first-order valence-corrected chi connectivity index (χ1v) is 23.2. The SMILES string of the molecule is CC(C)C1=CCC2C(=C1)c1cc(C(C)C)cc3c1N2c1c(C(C)(c2ccccc2)C2CC=CCC2)ccc2c1B3c1cc(C(C)C)cc3c4c(n-2c13)CCC(C(C)C)=C4. The van der Waals surface area contributed by atoms with Crippen LogP contribution in [0, 0.1) is 17.8 Å². The summed E-state index contributed by atoms with van der Waals surface area (Å²) >= 11 is 0. The van der Waals surface area contributed by atoms with Crippen LogP contribution in [0.1, 0.15) is 145 Å². The van der Waals surface area contributed by atoms with Crippen LogP contribution in [0.15, 0.2) is 102 Å². The van der Waals surface area contributed by atoms with Crippen LogP contribution in [-0.2, 0) is 11.8 Å². The smallest absolute Gasteiger partial charge is 0.252 e. The third kappa shape index (κ3) is 5.18. The second-order valence-electron chi connectivity index (χ2n) is 20.3. The number of aromatic nitrogens is 1. The maximum absolute atomic E-state index is 2.92. The van der Waals surface area contributed by atoms with E-state index in [0.717, 1.165) is 32.1 Å². The molecular weight excluding hydrogens is 711 g/mol. The highest BCUT2D eigenvalue weighted by Crippen LogP contribution is 2.56. The molecule has 3 aliphatic carbocycles. The Bertz CT molecular complexity index is 2710. The molecule has 0 spiro atoms. The Morgan fingerprint density at radius 2 is 1.49 bits per heavy atom. The van der Waals surface area contributed by atoms with Crippen molar-refractivity contribution in [2.75, 3.05) is 4.90 Å². The summed E-state index contributed by atoms with van der Waals surface area (Å²) < 4.78 is 2.78. The van der Waals surface area contributed by atoms with E-state index in [4.69, 9.17) is 0 Å². The zero-order valence-electron chi connectivity index (χ0n) is 36.9. The molecule has 0 radical (unpaired) electrons. The average Bonchev–Trinajstić information content (AvgIpc) is 3.76. The van der Waals surface area contributed by atoms with Crippen LogP contribution >= 0.6 is 0 Å². The topological polar surface area (TPSA) is 8.17 Å². The number of anilines is 2. The van der Waals surface area contributed by atoms with Gasteiger partial charge >= 0.3 is 0 Å². The minimum atomic E-state index is -0.184. The summed E-state index contributed by atoms with van der Waals surface area (Å²) in [6.07, 6.45) is 19.4. The standard InChI is InChI=1S/C56H61BN2/c1-32(2)36-20-23-49-42(26-36)44-28-38(34(5)6)30-47-53(44)58(49)51-25-22-46(56(9,40-16-12-10-13-17-40)41-18-14-11-15-19-41)55-52(51)57(47)48-31-39(35(7)8)29-45-43-27-37(33(3)4)21-24-50(43)59(55)54(45)48/h10-14,16-17,21-22,25-35,41,50H,15,18-20,23-24H2,1-9H3. The largest absolute Gasteiger partial charge is 0.334 e. The molecule has 5 aromatic rings. The zero-order valence-corrected chi connectivity index (χ0v) is 36.9. The predicted molar refractivity (Wildman–Crippen MR) is 255 cm³/mol. The third-order valence-corrected chi connectivity index (χ3v) is 15.9. The van der Waals surface area contributed by atoms with Gasteiger partial charge in [-0.2, -0.15) is 0 Å². The third-order valence-electron chi connectivity index (χ3n) is 15.9. The molecule has 3 aliphatic heterocycles. The van der Waals surface area contributed by atoms with E-state index in [9.17, 15) is 0 Å². The molecule has 1 aromatic heterocycles. The second-order valence-corrected chi connectivity index (χ2v) is 20.3. The van der Waals surface area contributed by atoms with Crippen LogP contribution in [0.2, 0.25) is 0 Å². The van der Waals surface area contributed by atoms with Gasteiger partial charge in [0.05, 0.1) is 6.04 Å². The first-order valence-electron chi connectivity index (χ1n) is 23.2. The van der Waals surface area contributed by atoms with E-state index in [1.165, 1.54) is 95.5 Å². The lowest BCUT2D eigenvalue weighted by Crippen LogP contribution is -2.62. The van der Waals surface area contributed by atoms with Crippen molar-refractivity contribution in [3.63, 3.8) is 0 Å². The van der Waals surface area contributed by atoms with Gasteiger partial charge in [0.15, 0.2) is 0 Å². The van der Waals surface area contributed by atoms with Gasteiger partial charge in [0.1, 0.15) is 0 Å². The normalized spacial score (nSPS) is 20.8. The Kier molecular flexibility index (Phi) is 8.45. The van der Waals surface area contributed by atoms with Crippen molar-refractivity contribution < 1.29 is 0 Å². The van der Waals surface area contributed by atoms with Crippen molar-refractivity contribution in [1.29, 1.82) is 0 Å². The number of benzene rings is 4. The fourth-order valence-corrected chi connectivity index (χ4v) is 12.5. The minimum Gasteiger partial charge on any atom is -0.334 e. The molecule has 59 heavy (non-hydrogen) atoms. The van der Waals surface area contributed by atoms with Crippen LogP contribution in [0.3, 0.4) is 0 Å². The Balaban J connectivity index is 1.31. The van der Waals surface area contributed by atoms with Gasteiger partial charge in [-0.25, -0.2) is 0 Å². The molecule has 4 aromatic carbocycles. The molecule has 3 atom stereocenters. The Morgan fingerprint density at radius 3 is 2.20 bits per heavy atom. The van der Waals surface area contributed by atoms with Gasteiger partial charge in [-0.15, -0.1) is 0 Å². The first-order chi connectivity index (χ1) is 28.5. The molecule has 0 saturated heterocycles. The van der Waals surface area contributed by atoms with Crippen molar-refractivity contribution in [3.05, 3.63) is 141 Å². The molecular formula is C56H61BN2. The molecule has 4 heterocycles. The first kappa shape index (κ1) is 37.3. The quantitative estimate of drug-likeness (QED) is 0.116. The summed E-state index contributed by atoms with van der Waals surface area (Å²) in [6.45, 7) is 21.8. The lowest BCUT2D eigenvalue weighted by molar-refractivity contribution is 0.320. The van der Waals surface area contributed by atoms with Gasteiger partial charge in [0, 0.05) is 50.2 Å². The molecule has 298 valence electrons. The van der Waals surface area contributed by atoms with E-state index >= 15 is 0 Å². The molecule has 0 saturated carbocycles. The molecule has 6 aliphatic rings. The van der Waals surface area contributed by atoms with Gasteiger partial charge in [0.25, 0.3) is 6.71 Å². The summed E-state index contributed by atoms with van der Waals surface area (Å²) in [4.78, 5) is 2.92. The average molecular weight is 773 g/mol. The minimum absolute atomic E-state index is 0.145. The monoisotopic (exact) mass is 772 g/mol. The molecule has 0 amide bonds. The lowest BCUT2D eigenvalue weighted by atomic mass is 9.33. The van der Waals surface area contributed by atoms with Crippen LogP contribution in [-0.4, -0.2) is 17.3 Å². The van der Waals surface area contributed by atoms with Crippen molar-refractivity contribution >= 4 is 57.0 Å². The van der Waals surface area contributed by atoms with E-state index in [2.05, 4.69) is 169 Å². The molecule has 3 heteroatoms. The van der Waals surface area contributed by atoms with E-state index in [1.54, 1.807) is 11.0 Å². The second kappa shape index (κ2) is 13.4. The number of allylic oxidation sites excluding steroid dienone is 5. The number of hydrogen-bond donors (Lipinski definition) is 0. The van der Waals surface area contributed by atoms with Crippen LogP contribution < -0.4 is 21.3 Å². The Hall–Kier alpha value is -4.76. The van der Waals surface area contributed by atoms with Gasteiger partial charge in [-0.1, -0.05) is 147 Å². The number of fused-ring (bicyclic) bond motifs is 10. The summed E-state index contributed by atoms with van der Waals surface area (Å²) in [5.74, 6) is 2.41. The highest BCUT2D eigenvalue weighted by molar-refractivity contribution is 7.00. The summed E-state index contributed by atoms with van der Waals surface area (Å²) in [6, 6.07) is 27.6. The van der Waals surface area contributed by atoms with E-state index < -0.39 is 0 Å². The summed E-state index contributed by atoms with van der Waals surface area (Å²) in [5.41, 5.74) is 25.2. The lowest BCUT2D eigenvalue weighted by Gasteiger charge is -2.47. The van der Waals surface area contributed by atoms with Crippen molar-refractivity contribution in [3.8, 4) is 5.69 Å². The Labute approximate surface area is 353 Å². The molecule has 0 bridgehead atoms. The molecule has 2 nitrogen and oxygen atoms in total. The maximum atomic E-state index is 2.92. The molecule has 0 N–H and O–H groups in total. The number of hydrogen-bond acceptors (Lipinski definition) is 1. The van der Waals surface area contributed by atoms with Crippen molar-refractivity contribution in [1.82, 2.24) is 4.57 Å². The molecule has 11 rings (SSSR count). The van der Waals surface area contributed by atoms with Crippen LogP contribution in [0.5, 0.6) is 0 Å². The van der Waals surface area contributed by atoms with Crippen molar-refractivity contribution in [2.45, 2.75) is 124 Å². The Morgan fingerprint density at radius 1 is 0.729 bits per heavy atom. The van der Waals surface area contributed by atoms with Crippen molar-refractivity contribution in [2.24, 2.45) is 17.8 Å². The van der Waals surface area contributed by atoms with Crippen LogP contribution in [0.25, 0.3) is 28.2 Å². The van der Waals surface area contributed by atoms with Gasteiger partial charge in [0.2, 0.25) is 0 Å². The maximum Gasteiger partial charge on any atom is 0.252 e. The van der Waals surface area contributed by atoms with Crippen LogP contribution in [0.4, 0.5) is 11.4 Å². The summed E-state index contributed by atoms with van der Waals surface area (Å²) in [5, 5.41) is 1.46. The van der Waals surface area contributed by atoms with E-state index in [0.29, 0.717) is 29.6 Å². The zero-order chi connectivity index (χ0) is 40.6. The van der Waals surface area contributed by atoms with E-state index in [-0.39, 0.29) is 18.2 Å². The molecule has 0 fully saturated rings. The summed E-state index contributed by atoms with van der Waals surface area (Å²) in [7, 11) is 0.